The van der Waals surface area contributed by atoms with Crippen molar-refractivity contribution in [2.45, 2.75) is 26.5 Å². The van der Waals surface area contributed by atoms with Gasteiger partial charge in [0.05, 0.1) is 17.5 Å². The lowest BCUT2D eigenvalue weighted by atomic mass is 10.1. The molecule has 0 saturated carbocycles. The summed E-state index contributed by atoms with van der Waals surface area (Å²) >= 11 is 3.55. The molecule has 1 aromatic carbocycles. The number of rotatable bonds is 4. The molecule has 2 aromatic heterocycles. The van der Waals surface area contributed by atoms with E-state index in [0.29, 0.717) is 0 Å². The van der Waals surface area contributed by atoms with Crippen LogP contribution in [0, 0.1) is 0 Å². The van der Waals surface area contributed by atoms with Crippen LogP contribution in [-0.4, -0.2) is 16.7 Å². The van der Waals surface area contributed by atoms with E-state index in [-0.39, 0.29) is 6.10 Å². The summed E-state index contributed by atoms with van der Waals surface area (Å²) < 4.78 is 8.90. The number of methoxy groups -OCH3 is 1. The predicted octanol–water partition coefficient (Wildman–Crippen LogP) is 5.19. The molecule has 3 nitrogen and oxygen atoms in total. The summed E-state index contributed by atoms with van der Waals surface area (Å²) in [7, 11) is 1.72. The van der Waals surface area contributed by atoms with Gasteiger partial charge in [0.2, 0.25) is 0 Å². The molecule has 0 bridgehead atoms. The standard InChI is InChI=1S/C18H19BrN2O/c1-4-21-16-8-7-14(19)10-13(16)11-17(21)15-6-5-9-20-18(15)12(2)22-3/h5-12H,4H2,1-3H3/t12-/m0/s1. The van der Waals surface area contributed by atoms with Gasteiger partial charge >= 0.3 is 0 Å². The van der Waals surface area contributed by atoms with Gasteiger partial charge in [-0.3, -0.25) is 4.98 Å². The lowest BCUT2D eigenvalue weighted by Gasteiger charge is -2.15. The Bertz CT molecular complexity index is 810. The number of benzene rings is 1. The molecule has 0 N–H and O–H groups in total. The van der Waals surface area contributed by atoms with Gasteiger partial charge in [0.25, 0.3) is 0 Å². The van der Waals surface area contributed by atoms with Crippen molar-refractivity contribution in [3.8, 4) is 11.3 Å². The van der Waals surface area contributed by atoms with Crippen molar-refractivity contribution in [3.63, 3.8) is 0 Å². The molecule has 0 aliphatic carbocycles. The molecule has 3 aromatic rings. The molecule has 3 rings (SSSR count). The molecule has 0 amide bonds. The van der Waals surface area contributed by atoms with E-state index in [0.717, 1.165) is 22.3 Å². The van der Waals surface area contributed by atoms with Crippen LogP contribution in [0.3, 0.4) is 0 Å². The zero-order chi connectivity index (χ0) is 15.7. The zero-order valence-corrected chi connectivity index (χ0v) is 14.6. The van der Waals surface area contributed by atoms with Crippen LogP contribution in [0.25, 0.3) is 22.2 Å². The van der Waals surface area contributed by atoms with Gasteiger partial charge in [-0.1, -0.05) is 15.9 Å². The minimum absolute atomic E-state index is 0.0359. The Balaban J connectivity index is 2.26. The van der Waals surface area contributed by atoms with E-state index in [1.54, 1.807) is 7.11 Å². The number of aromatic nitrogens is 2. The highest BCUT2D eigenvalue weighted by atomic mass is 79.9. The second-order valence-electron chi connectivity index (χ2n) is 5.29. The van der Waals surface area contributed by atoms with Gasteiger partial charge in [0, 0.05) is 40.8 Å². The van der Waals surface area contributed by atoms with E-state index in [1.807, 2.05) is 19.2 Å². The first-order valence-electron chi connectivity index (χ1n) is 7.42. The molecule has 4 heteroatoms. The van der Waals surface area contributed by atoms with Crippen LogP contribution in [0.4, 0.5) is 0 Å². The minimum atomic E-state index is -0.0359. The van der Waals surface area contributed by atoms with Crippen LogP contribution in [0.15, 0.2) is 47.1 Å². The maximum Gasteiger partial charge on any atom is 0.0969 e. The molecule has 0 aliphatic heterocycles. The molecule has 0 spiro atoms. The van der Waals surface area contributed by atoms with E-state index >= 15 is 0 Å². The lowest BCUT2D eigenvalue weighted by Crippen LogP contribution is -2.04. The summed E-state index contributed by atoms with van der Waals surface area (Å²) in [6.45, 7) is 5.11. The van der Waals surface area contributed by atoms with Crippen molar-refractivity contribution in [1.82, 2.24) is 9.55 Å². The maximum absolute atomic E-state index is 5.49. The third-order valence-electron chi connectivity index (χ3n) is 4.03. The topological polar surface area (TPSA) is 27.1 Å². The van der Waals surface area contributed by atoms with E-state index in [2.05, 4.69) is 62.7 Å². The predicted molar refractivity (Wildman–Crippen MR) is 94.0 cm³/mol. The van der Waals surface area contributed by atoms with Crippen LogP contribution in [0.5, 0.6) is 0 Å². The summed E-state index contributed by atoms with van der Waals surface area (Å²) in [6, 6.07) is 12.7. The average molecular weight is 359 g/mol. The van der Waals surface area contributed by atoms with Crippen LogP contribution in [-0.2, 0) is 11.3 Å². The summed E-state index contributed by atoms with van der Waals surface area (Å²) in [5.74, 6) is 0. The molecule has 2 heterocycles. The molecular formula is C18H19BrN2O. The van der Waals surface area contributed by atoms with Gasteiger partial charge in [-0.2, -0.15) is 0 Å². The fourth-order valence-corrected chi connectivity index (χ4v) is 3.25. The van der Waals surface area contributed by atoms with Crippen molar-refractivity contribution in [1.29, 1.82) is 0 Å². The van der Waals surface area contributed by atoms with Crippen molar-refractivity contribution >= 4 is 26.8 Å². The number of fused-ring (bicyclic) bond motifs is 1. The van der Waals surface area contributed by atoms with E-state index in [4.69, 9.17) is 4.74 Å². The molecule has 0 aliphatic rings. The monoisotopic (exact) mass is 358 g/mol. The number of ether oxygens (including phenoxy) is 1. The van der Waals surface area contributed by atoms with Crippen LogP contribution < -0.4 is 0 Å². The van der Waals surface area contributed by atoms with Crippen molar-refractivity contribution in [2.75, 3.05) is 7.11 Å². The van der Waals surface area contributed by atoms with Gasteiger partial charge in [-0.25, -0.2) is 0 Å². The first-order chi connectivity index (χ1) is 10.7. The average Bonchev–Trinajstić information content (AvgIpc) is 2.91. The number of hydrogen-bond acceptors (Lipinski definition) is 2. The Morgan fingerprint density at radius 2 is 2.09 bits per heavy atom. The van der Waals surface area contributed by atoms with Crippen molar-refractivity contribution < 1.29 is 4.74 Å². The molecule has 0 radical (unpaired) electrons. The molecule has 0 unspecified atom stereocenters. The highest BCUT2D eigenvalue weighted by Crippen LogP contribution is 2.33. The summed E-state index contributed by atoms with van der Waals surface area (Å²) in [4.78, 5) is 4.54. The highest BCUT2D eigenvalue weighted by molar-refractivity contribution is 9.10. The van der Waals surface area contributed by atoms with E-state index in [9.17, 15) is 0 Å². The summed E-state index contributed by atoms with van der Waals surface area (Å²) in [6.07, 6.45) is 1.79. The van der Waals surface area contributed by atoms with Gasteiger partial charge in [-0.15, -0.1) is 0 Å². The summed E-state index contributed by atoms with van der Waals surface area (Å²) in [5, 5.41) is 1.23. The Morgan fingerprint density at radius 3 is 2.82 bits per heavy atom. The third kappa shape index (κ3) is 2.57. The van der Waals surface area contributed by atoms with Gasteiger partial charge in [-0.05, 0) is 50.2 Å². The van der Waals surface area contributed by atoms with E-state index < -0.39 is 0 Å². The van der Waals surface area contributed by atoms with Crippen LogP contribution in [0.1, 0.15) is 25.6 Å². The quantitative estimate of drug-likeness (QED) is 0.641. The Hall–Kier alpha value is -1.65. The number of halogens is 1. The SMILES string of the molecule is CCn1c(-c2cccnc2[C@H](C)OC)cc2cc(Br)ccc21. The Labute approximate surface area is 139 Å². The Kier molecular flexibility index (Phi) is 4.32. The van der Waals surface area contributed by atoms with Crippen LogP contribution >= 0.6 is 15.9 Å². The minimum Gasteiger partial charge on any atom is -0.375 e. The molecule has 22 heavy (non-hydrogen) atoms. The lowest BCUT2D eigenvalue weighted by molar-refractivity contribution is 0.116. The zero-order valence-electron chi connectivity index (χ0n) is 13.0. The van der Waals surface area contributed by atoms with Gasteiger partial charge < -0.3 is 9.30 Å². The molecule has 0 saturated heterocycles. The number of aryl methyl sites for hydroxylation is 1. The van der Waals surface area contributed by atoms with Crippen LogP contribution in [0.2, 0.25) is 0 Å². The molecule has 114 valence electrons. The molecule has 0 fully saturated rings. The molecule has 1 atom stereocenters. The van der Waals surface area contributed by atoms with Gasteiger partial charge in [0.15, 0.2) is 0 Å². The second kappa shape index (κ2) is 6.23. The highest BCUT2D eigenvalue weighted by Gasteiger charge is 2.17. The maximum atomic E-state index is 5.49. The van der Waals surface area contributed by atoms with E-state index in [1.165, 1.54) is 16.6 Å². The van der Waals surface area contributed by atoms with Gasteiger partial charge in [0.1, 0.15) is 0 Å². The fourth-order valence-electron chi connectivity index (χ4n) is 2.88. The fraction of sp³-hybridized carbons (Fsp3) is 0.278. The van der Waals surface area contributed by atoms with Crippen molar-refractivity contribution in [3.05, 3.63) is 52.8 Å². The number of nitrogens with zero attached hydrogens (tertiary/aromatic N) is 2. The Morgan fingerprint density at radius 1 is 1.27 bits per heavy atom. The number of pyridine rings is 1. The third-order valence-corrected chi connectivity index (χ3v) is 4.53. The molecular weight excluding hydrogens is 340 g/mol. The smallest absolute Gasteiger partial charge is 0.0969 e. The first kappa shape index (κ1) is 15.3. The van der Waals surface area contributed by atoms with Crippen molar-refractivity contribution in [2.24, 2.45) is 0 Å². The second-order valence-corrected chi connectivity index (χ2v) is 6.21. The normalized spacial score (nSPS) is 12.7. The largest absolute Gasteiger partial charge is 0.375 e. The number of hydrogen-bond donors (Lipinski definition) is 0. The first-order valence-corrected chi connectivity index (χ1v) is 8.22. The summed E-state index contributed by atoms with van der Waals surface area (Å²) in [5.41, 5.74) is 4.52.